The number of carbonyl (C=O) groups is 2. The maximum absolute atomic E-state index is 13.1. The van der Waals surface area contributed by atoms with E-state index in [1.165, 1.54) is 0 Å². The van der Waals surface area contributed by atoms with E-state index in [9.17, 15) is 9.59 Å². The Bertz CT molecular complexity index is 776. The molecular weight excluding hydrogens is 352 g/mol. The normalized spacial score (nSPS) is 22.3. The maximum Gasteiger partial charge on any atom is 0.193 e. The minimum atomic E-state index is -1.94. The van der Waals surface area contributed by atoms with Crippen molar-refractivity contribution in [1.29, 1.82) is 0 Å². The van der Waals surface area contributed by atoms with Crippen LogP contribution in [0, 0.1) is 5.92 Å². The fourth-order valence-corrected chi connectivity index (χ4v) is 6.91. The summed E-state index contributed by atoms with van der Waals surface area (Å²) in [6.45, 7) is 6.48. The van der Waals surface area contributed by atoms with Gasteiger partial charge in [-0.15, -0.1) is 0 Å². The third-order valence-corrected chi connectivity index (χ3v) is 10.7. The molecule has 0 aliphatic heterocycles. The summed E-state index contributed by atoms with van der Waals surface area (Å²) in [5.74, 6) is -0.976. The quantitative estimate of drug-likeness (QED) is 0.357. The lowest BCUT2D eigenvalue weighted by Crippen LogP contribution is -2.59. The molecule has 0 amide bonds. The molecule has 0 saturated heterocycles. The molecule has 1 aliphatic rings. The van der Waals surface area contributed by atoms with E-state index in [0.29, 0.717) is 5.56 Å². The van der Waals surface area contributed by atoms with Crippen LogP contribution in [0.2, 0.25) is 18.1 Å². The number of Topliss-reactive ketones (excluding diaryl/α,β-unsaturated/α-hetero) is 2. The molecular formula is C23H28O3Si. The summed E-state index contributed by atoms with van der Waals surface area (Å²) >= 11 is 0. The summed E-state index contributed by atoms with van der Waals surface area (Å²) in [4.78, 5) is 26.1. The summed E-state index contributed by atoms with van der Waals surface area (Å²) in [6.07, 6.45) is -0.489. The summed E-state index contributed by atoms with van der Waals surface area (Å²) in [6, 6.07) is 22.0. The van der Waals surface area contributed by atoms with Crippen molar-refractivity contribution in [1.82, 2.24) is 0 Å². The molecule has 142 valence electrons. The first-order valence-electron chi connectivity index (χ1n) is 9.92. The van der Waals surface area contributed by atoms with Crippen LogP contribution in [-0.4, -0.2) is 26.0 Å². The molecule has 1 saturated carbocycles. The van der Waals surface area contributed by atoms with Crippen molar-refractivity contribution >= 4 is 19.9 Å². The lowest BCUT2D eigenvalue weighted by Gasteiger charge is -2.46. The van der Waals surface area contributed by atoms with Crippen molar-refractivity contribution in [2.45, 2.75) is 50.9 Å². The fourth-order valence-electron chi connectivity index (χ4n) is 4.10. The van der Waals surface area contributed by atoms with Crippen LogP contribution >= 0.6 is 0 Å². The first kappa shape index (κ1) is 19.7. The molecule has 0 aromatic heterocycles. The topological polar surface area (TPSA) is 43.4 Å². The van der Waals surface area contributed by atoms with Crippen molar-refractivity contribution in [3.05, 3.63) is 71.8 Å². The van der Waals surface area contributed by atoms with E-state index in [1.54, 1.807) is 12.1 Å². The van der Waals surface area contributed by atoms with Crippen LogP contribution in [0.4, 0.5) is 0 Å². The van der Waals surface area contributed by atoms with Crippen LogP contribution in [0.3, 0.4) is 0 Å². The predicted octanol–water partition coefficient (Wildman–Crippen LogP) is 5.24. The van der Waals surface area contributed by atoms with Crippen molar-refractivity contribution < 1.29 is 14.0 Å². The third-order valence-electron chi connectivity index (χ3n) is 6.11. The van der Waals surface area contributed by atoms with Gasteiger partial charge >= 0.3 is 0 Å². The molecule has 3 nitrogen and oxygen atoms in total. The van der Waals surface area contributed by atoms with Gasteiger partial charge in [-0.2, -0.15) is 0 Å². The minimum Gasteiger partial charge on any atom is -0.406 e. The Labute approximate surface area is 162 Å². The second-order valence-electron chi connectivity index (χ2n) is 7.33. The Balaban J connectivity index is 1.94. The summed E-state index contributed by atoms with van der Waals surface area (Å²) in [5, 5.41) is 0. The Kier molecular flexibility index (Phi) is 6.07. The second kappa shape index (κ2) is 8.32. The van der Waals surface area contributed by atoms with E-state index in [2.05, 4.69) is 20.8 Å². The predicted molar refractivity (Wildman–Crippen MR) is 111 cm³/mol. The van der Waals surface area contributed by atoms with Crippen molar-refractivity contribution in [2.24, 2.45) is 5.92 Å². The fraction of sp³-hybridized carbons (Fsp3) is 0.391. The summed E-state index contributed by atoms with van der Waals surface area (Å²) in [7, 11) is -1.94. The molecule has 0 heterocycles. The monoisotopic (exact) mass is 380 g/mol. The number of hydrogen-bond donors (Lipinski definition) is 0. The molecule has 1 aliphatic carbocycles. The first-order chi connectivity index (χ1) is 13.1. The number of benzene rings is 2. The largest absolute Gasteiger partial charge is 0.406 e. The van der Waals surface area contributed by atoms with Gasteiger partial charge in [-0.3, -0.25) is 9.59 Å². The smallest absolute Gasteiger partial charge is 0.193 e. The van der Waals surface area contributed by atoms with Crippen LogP contribution in [-0.2, 0) is 9.22 Å². The molecule has 3 rings (SSSR count). The van der Waals surface area contributed by atoms with E-state index in [1.807, 2.05) is 48.5 Å². The Morgan fingerprint density at radius 2 is 1.41 bits per heavy atom. The molecule has 0 bridgehead atoms. The lowest BCUT2D eigenvalue weighted by molar-refractivity contribution is -0.141. The second-order valence-corrected chi connectivity index (χ2v) is 12.1. The van der Waals surface area contributed by atoms with Gasteiger partial charge in [0.25, 0.3) is 0 Å². The summed E-state index contributed by atoms with van der Waals surface area (Å²) in [5.41, 5.74) is 1.61. The molecule has 0 radical (unpaired) electrons. The van der Waals surface area contributed by atoms with Gasteiger partial charge < -0.3 is 4.43 Å². The molecule has 0 N–H and O–H groups in total. The number of rotatable bonds is 8. The molecule has 1 fully saturated rings. The molecule has 3 atom stereocenters. The molecule has 27 heavy (non-hydrogen) atoms. The van der Waals surface area contributed by atoms with Crippen molar-refractivity contribution in [2.75, 3.05) is 0 Å². The molecule has 2 aromatic rings. The van der Waals surface area contributed by atoms with Crippen molar-refractivity contribution in [3.63, 3.8) is 0 Å². The average molecular weight is 381 g/mol. The van der Waals surface area contributed by atoms with Crippen LogP contribution in [0.25, 0.3) is 0 Å². The van der Waals surface area contributed by atoms with Crippen molar-refractivity contribution in [3.8, 4) is 0 Å². The SMILES string of the molecule is CC[Si](CC)(CC)O[C@H]1C(=O)C(C(=O)c2ccccc2)[C@H]1c1ccccc1. The number of ketones is 2. The van der Waals surface area contributed by atoms with Gasteiger partial charge in [0, 0.05) is 11.5 Å². The zero-order valence-electron chi connectivity index (χ0n) is 16.4. The lowest BCUT2D eigenvalue weighted by atomic mass is 9.63. The molecule has 1 unspecified atom stereocenters. The Hall–Kier alpha value is -2.04. The van der Waals surface area contributed by atoms with Gasteiger partial charge in [-0.05, 0) is 23.7 Å². The van der Waals surface area contributed by atoms with E-state index < -0.39 is 20.3 Å². The van der Waals surface area contributed by atoms with Gasteiger partial charge in [-0.25, -0.2) is 0 Å². The summed E-state index contributed by atoms with van der Waals surface area (Å²) < 4.78 is 6.55. The zero-order valence-corrected chi connectivity index (χ0v) is 17.4. The number of hydrogen-bond acceptors (Lipinski definition) is 3. The van der Waals surface area contributed by atoms with Gasteiger partial charge in [-0.1, -0.05) is 81.4 Å². The van der Waals surface area contributed by atoms with Gasteiger partial charge in [0.05, 0.1) is 5.92 Å². The van der Waals surface area contributed by atoms with Crippen LogP contribution in [0.5, 0.6) is 0 Å². The Morgan fingerprint density at radius 3 is 1.93 bits per heavy atom. The first-order valence-corrected chi connectivity index (χ1v) is 12.5. The minimum absolute atomic E-state index is 0.0510. The molecule has 0 spiro atoms. The highest BCUT2D eigenvalue weighted by molar-refractivity contribution is 6.73. The van der Waals surface area contributed by atoms with Gasteiger partial charge in [0.15, 0.2) is 19.9 Å². The van der Waals surface area contributed by atoms with Gasteiger partial charge in [0.1, 0.15) is 6.10 Å². The highest BCUT2D eigenvalue weighted by Gasteiger charge is 2.56. The average Bonchev–Trinajstić information content (AvgIpc) is 2.74. The number of carbonyl (C=O) groups excluding carboxylic acids is 2. The van der Waals surface area contributed by atoms with E-state index in [-0.39, 0.29) is 17.5 Å². The third kappa shape index (κ3) is 3.69. The Morgan fingerprint density at radius 1 is 0.889 bits per heavy atom. The van der Waals surface area contributed by atoms with Crippen LogP contribution in [0.15, 0.2) is 60.7 Å². The van der Waals surface area contributed by atoms with E-state index >= 15 is 0 Å². The standard InChI is InChI=1S/C23H28O3Si/c1-4-27(5-2,6-3)26-23-19(17-13-9-7-10-14-17)20(22(23)25)21(24)18-15-11-8-12-16-18/h7-16,19-20,23H,4-6H2,1-3H3/t19-,20?,23-/m1/s1. The van der Waals surface area contributed by atoms with E-state index in [0.717, 1.165) is 23.7 Å². The molecule has 2 aromatic carbocycles. The molecule has 4 heteroatoms. The maximum atomic E-state index is 13.1. The zero-order chi connectivity index (χ0) is 19.4. The van der Waals surface area contributed by atoms with Gasteiger partial charge in [0.2, 0.25) is 0 Å². The highest BCUT2D eigenvalue weighted by atomic mass is 28.4. The van der Waals surface area contributed by atoms with Crippen LogP contribution in [0.1, 0.15) is 42.6 Å². The van der Waals surface area contributed by atoms with E-state index in [4.69, 9.17) is 4.43 Å². The highest BCUT2D eigenvalue weighted by Crippen LogP contribution is 2.45. The van der Waals surface area contributed by atoms with Crippen LogP contribution < -0.4 is 0 Å².